The van der Waals surface area contributed by atoms with Gasteiger partial charge in [0.1, 0.15) is 5.75 Å². The van der Waals surface area contributed by atoms with Gasteiger partial charge in [-0.25, -0.2) is 0 Å². The smallest absolute Gasteiger partial charge is 0.230 e. The zero-order valence-electron chi connectivity index (χ0n) is 15.2. The van der Waals surface area contributed by atoms with Gasteiger partial charge >= 0.3 is 0 Å². The van der Waals surface area contributed by atoms with E-state index in [1.54, 1.807) is 13.3 Å². The standard InChI is InChI=1S/C21H25N3O2/c1-26-19-6-2-4-17(12-19)15-24-11-8-21(20(24)25)7-10-23(16-21)14-18-5-3-9-22-13-18/h2-6,9,12-13H,7-8,10-11,14-16H2,1H3/t21-/m0/s1. The monoisotopic (exact) mass is 351 g/mol. The molecule has 1 amide bonds. The highest BCUT2D eigenvalue weighted by molar-refractivity contribution is 5.85. The Morgan fingerprint density at radius 3 is 2.77 bits per heavy atom. The number of pyridine rings is 1. The molecule has 0 aliphatic carbocycles. The molecule has 0 radical (unpaired) electrons. The number of amides is 1. The zero-order chi connectivity index (χ0) is 18.0. The second kappa shape index (κ2) is 7.08. The van der Waals surface area contributed by atoms with Crippen molar-refractivity contribution in [2.24, 2.45) is 5.41 Å². The Hall–Kier alpha value is -2.40. The molecule has 136 valence electrons. The number of hydrogen-bond donors (Lipinski definition) is 0. The molecule has 0 unspecified atom stereocenters. The molecule has 5 nitrogen and oxygen atoms in total. The van der Waals surface area contributed by atoms with Gasteiger partial charge in [-0.05, 0) is 48.7 Å². The van der Waals surface area contributed by atoms with E-state index >= 15 is 0 Å². The van der Waals surface area contributed by atoms with E-state index in [9.17, 15) is 4.79 Å². The molecule has 1 aromatic carbocycles. The number of methoxy groups -OCH3 is 1. The summed E-state index contributed by atoms with van der Waals surface area (Å²) in [6.45, 7) is 4.22. The third-order valence-corrected chi connectivity index (χ3v) is 5.67. The number of ether oxygens (including phenoxy) is 1. The van der Waals surface area contributed by atoms with Crippen LogP contribution in [0.2, 0.25) is 0 Å². The second-order valence-corrected chi connectivity index (χ2v) is 7.43. The Bertz CT molecular complexity index is 780. The minimum atomic E-state index is -0.193. The molecule has 0 bridgehead atoms. The fraction of sp³-hybridized carbons (Fsp3) is 0.429. The quantitative estimate of drug-likeness (QED) is 0.831. The van der Waals surface area contributed by atoms with Crippen LogP contribution in [0.15, 0.2) is 48.8 Å². The molecule has 3 heterocycles. The van der Waals surface area contributed by atoms with Crippen molar-refractivity contribution in [3.8, 4) is 5.75 Å². The van der Waals surface area contributed by atoms with Crippen LogP contribution in [-0.2, 0) is 17.9 Å². The third-order valence-electron chi connectivity index (χ3n) is 5.67. The first-order valence-electron chi connectivity index (χ1n) is 9.22. The Labute approximate surface area is 154 Å². The van der Waals surface area contributed by atoms with Crippen LogP contribution >= 0.6 is 0 Å². The van der Waals surface area contributed by atoms with Crippen LogP contribution in [0.5, 0.6) is 5.75 Å². The summed E-state index contributed by atoms with van der Waals surface area (Å²) in [6.07, 6.45) is 5.63. The predicted octanol–water partition coefficient (Wildman–Crippen LogP) is 2.71. The number of carbonyl (C=O) groups excluding carboxylic acids is 1. The lowest BCUT2D eigenvalue weighted by Crippen LogP contribution is -2.36. The van der Waals surface area contributed by atoms with Gasteiger partial charge in [-0.2, -0.15) is 0 Å². The first kappa shape index (κ1) is 17.0. The van der Waals surface area contributed by atoms with E-state index in [1.807, 2.05) is 35.4 Å². The molecule has 4 rings (SSSR count). The molecule has 1 aromatic heterocycles. The van der Waals surface area contributed by atoms with E-state index in [2.05, 4.69) is 22.0 Å². The summed E-state index contributed by atoms with van der Waals surface area (Å²) in [5.41, 5.74) is 2.14. The molecule has 2 aliphatic heterocycles. The van der Waals surface area contributed by atoms with Gasteiger partial charge < -0.3 is 9.64 Å². The van der Waals surface area contributed by atoms with Gasteiger partial charge in [-0.15, -0.1) is 0 Å². The summed E-state index contributed by atoms with van der Waals surface area (Å²) in [7, 11) is 1.67. The lowest BCUT2D eigenvalue weighted by Gasteiger charge is -2.24. The van der Waals surface area contributed by atoms with Crippen molar-refractivity contribution in [3.05, 3.63) is 59.9 Å². The molecule has 0 N–H and O–H groups in total. The Kier molecular flexibility index (Phi) is 4.64. The molecule has 26 heavy (non-hydrogen) atoms. The summed E-state index contributed by atoms with van der Waals surface area (Å²) in [6, 6.07) is 12.1. The first-order chi connectivity index (χ1) is 12.7. The summed E-state index contributed by atoms with van der Waals surface area (Å²) >= 11 is 0. The fourth-order valence-corrected chi connectivity index (χ4v) is 4.26. The summed E-state index contributed by atoms with van der Waals surface area (Å²) < 4.78 is 5.29. The molecule has 2 fully saturated rings. The molecular formula is C21H25N3O2. The van der Waals surface area contributed by atoms with E-state index in [0.717, 1.165) is 50.3 Å². The van der Waals surface area contributed by atoms with Gasteiger partial charge in [0.25, 0.3) is 0 Å². The van der Waals surface area contributed by atoms with E-state index in [4.69, 9.17) is 4.74 Å². The van der Waals surface area contributed by atoms with Crippen molar-refractivity contribution < 1.29 is 9.53 Å². The molecule has 2 saturated heterocycles. The predicted molar refractivity (Wildman–Crippen MR) is 99.6 cm³/mol. The van der Waals surface area contributed by atoms with Crippen molar-refractivity contribution in [3.63, 3.8) is 0 Å². The maximum absolute atomic E-state index is 13.1. The SMILES string of the molecule is COc1cccc(CN2CC[C@]3(CCN(Cc4cccnc4)C3)C2=O)c1. The van der Waals surface area contributed by atoms with Crippen LogP contribution in [0.25, 0.3) is 0 Å². The van der Waals surface area contributed by atoms with Crippen molar-refractivity contribution in [1.82, 2.24) is 14.8 Å². The first-order valence-corrected chi connectivity index (χ1v) is 9.22. The fourth-order valence-electron chi connectivity index (χ4n) is 4.26. The normalized spacial score (nSPS) is 23.1. The maximum atomic E-state index is 13.1. The minimum Gasteiger partial charge on any atom is -0.497 e. The molecule has 1 atom stereocenters. The van der Waals surface area contributed by atoms with Crippen LogP contribution in [0, 0.1) is 5.41 Å². The zero-order valence-corrected chi connectivity index (χ0v) is 15.2. The van der Waals surface area contributed by atoms with Gasteiger partial charge in [-0.1, -0.05) is 18.2 Å². The number of benzene rings is 1. The molecule has 1 spiro atoms. The van der Waals surface area contributed by atoms with Crippen molar-refractivity contribution >= 4 is 5.91 Å². The van der Waals surface area contributed by atoms with Gasteiger partial charge in [0.05, 0.1) is 12.5 Å². The lowest BCUT2D eigenvalue weighted by atomic mass is 9.85. The van der Waals surface area contributed by atoms with Crippen LogP contribution in [0.1, 0.15) is 24.0 Å². The number of hydrogen-bond acceptors (Lipinski definition) is 4. The highest BCUT2D eigenvalue weighted by atomic mass is 16.5. The van der Waals surface area contributed by atoms with E-state index in [1.165, 1.54) is 5.56 Å². The molecule has 0 saturated carbocycles. The van der Waals surface area contributed by atoms with Crippen LogP contribution < -0.4 is 4.74 Å². The number of rotatable bonds is 5. The van der Waals surface area contributed by atoms with E-state index in [-0.39, 0.29) is 5.41 Å². The highest BCUT2D eigenvalue weighted by Crippen LogP contribution is 2.41. The van der Waals surface area contributed by atoms with Crippen LogP contribution in [0.3, 0.4) is 0 Å². The second-order valence-electron chi connectivity index (χ2n) is 7.43. The largest absolute Gasteiger partial charge is 0.497 e. The Morgan fingerprint density at radius 1 is 1.12 bits per heavy atom. The number of nitrogens with zero attached hydrogens (tertiary/aromatic N) is 3. The Morgan fingerprint density at radius 2 is 1.96 bits per heavy atom. The molecule has 2 aliphatic rings. The topological polar surface area (TPSA) is 45.7 Å². The van der Waals surface area contributed by atoms with Crippen LogP contribution in [0.4, 0.5) is 0 Å². The minimum absolute atomic E-state index is 0.193. The third kappa shape index (κ3) is 3.31. The van der Waals surface area contributed by atoms with Gasteiger partial charge in [-0.3, -0.25) is 14.7 Å². The summed E-state index contributed by atoms with van der Waals surface area (Å²) in [5, 5.41) is 0. The molecule has 5 heteroatoms. The lowest BCUT2D eigenvalue weighted by molar-refractivity contribution is -0.136. The number of likely N-dealkylation sites (tertiary alicyclic amines) is 2. The van der Waals surface area contributed by atoms with Gasteiger partial charge in [0.2, 0.25) is 5.91 Å². The van der Waals surface area contributed by atoms with Crippen molar-refractivity contribution in [2.75, 3.05) is 26.7 Å². The highest BCUT2D eigenvalue weighted by Gasteiger charge is 2.50. The van der Waals surface area contributed by atoms with E-state index < -0.39 is 0 Å². The van der Waals surface area contributed by atoms with Gasteiger partial charge in [0, 0.05) is 38.6 Å². The Balaban J connectivity index is 1.40. The number of aromatic nitrogens is 1. The number of carbonyl (C=O) groups is 1. The van der Waals surface area contributed by atoms with Gasteiger partial charge in [0.15, 0.2) is 0 Å². The summed E-state index contributed by atoms with van der Waals surface area (Å²) in [4.78, 5) is 21.7. The van der Waals surface area contributed by atoms with Crippen LogP contribution in [-0.4, -0.2) is 47.4 Å². The van der Waals surface area contributed by atoms with E-state index in [0.29, 0.717) is 12.5 Å². The molecule has 2 aromatic rings. The van der Waals surface area contributed by atoms with Crippen molar-refractivity contribution in [2.45, 2.75) is 25.9 Å². The molecular weight excluding hydrogens is 326 g/mol. The van der Waals surface area contributed by atoms with Crippen molar-refractivity contribution in [1.29, 1.82) is 0 Å². The average Bonchev–Trinajstić information content (AvgIpc) is 3.22. The summed E-state index contributed by atoms with van der Waals surface area (Å²) in [5.74, 6) is 1.15. The maximum Gasteiger partial charge on any atom is 0.230 e. The average molecular weight is 351 g/mol.